The lowest BCUT2D eigenvalue weighted by atomic mass is 9.65. The van der Waals surface area contributed by atoms with E-state index in [9.17, 15) is 0 Å². The molecule has 0 spiro atoms. The Labute approximate surface area is 122 Å². The van der Waals surface area contributed by atoms with Crippen molar-refractivity contribution < 1.29 is 0 Å². The Morgan fingerprint density at radius 3 is 2.63 bits per heavy atom. The van der Waals surface area contributed by atoms with Gasteiger partial charge in [-0.05, 0) is 55.3 Å². The number of benzene rings is 1. The van der Waals surface area contributed by atoms with E-state index in [1.807, 2.05) is 0 Å². The van der Waals surface area contributed by atoms with E-state index in [2.05, 4.69) is 51.3 Å². The molecule has 0 saturated heterocycles. The second kappa shape index (κ2) is 5.85. The van der Waals surface area contributed by atoms with Crippen molar-refractivity contribution in [3.8, 4) is 0 Å². The van der Waals surface area contributed by atoms with Gasteiger partial charge in [-0.15, -0.1) is 0 Å². The zero-order valence-electron chi connectivity index (χ0n) is 12.6. The molecule has 0 amide bonds. The second-order valence-corrected chi connectivity index (χ2v) is 7.02. The Hall–Kier alpha value is -0.530. The van der Waals surface area contributed by atoms with E-state index in [-0.39, 0.29) is 0 Å². The van der Waals surface area contributed by atoms with Crippen LogP contribution < -0.4 is 5.32 Å². The molecule has 1 aliphatic carbocycles. The first-order valence-electron chi connectivity index (χ1n) is 7.39. The maximum atomic E-state index is 6.30. The van der Waals surface area contributed by atoms with Gasteiger partial charge in [-0.2, -0.15) is 0 Å². The number of hydrogen-bond donors (Lipinski definition) is 1. The molecule has 1 saturated carbocycles. The largest absolute Gasteiger partial charge is 0.313 e. The van der Waals surface area contributed by atoms with Crippen molar-refractivity contribution in [1.82, 2.24) is 5.32 Å². The van der Waals surface area contributed by atoms with Crippen molar-refractivity contribution in [2.45, 2.75) is 52.5 Å². The molecule has 0 aliphatic heterocycles. The molecule has 1 fully saturated rings. The van der Waals surface area contributed by atoms with Crippen molar-refractivity contribution in [1.29, 1.82) is 0 Å². The molecule has 2 unspecified atom stereocenters. The van der Waals surface area contributed by atoms with Gasteiger partial charge in [0.2, 0.25) is 0 Å². The lowest BCUT2D eigenvalue weighted by molar-refractivity contribution is 0.101. The van der Waals surface area contributed by atoms with Crippen LogP contribution in [-0.2, 0) is 0 Å². The molecule has 0 radical (unpaired) electrons. The van der Waals surface area contributed by atoms with Crippen molar-refractivity contribution in [2.75, 3.05) is 7.05 Å². The van der Waals surface area contributed by atoms with Crippen LogP contribution in [0, 0.1) is 18.3 Å². The summed E-state index contributed by atoms with van der Waals surface area (Å²) in [5, 5.41) is 4.41. The molecule has 2 atom stereocenters. The van der Waals surface area contributed by atoms with Crippen LogP contribution in [0.5, 0.6) is 0 Å². The normalized spacial score (nSPS) is 24.2. The molecule has 1 N–H and O–H groups in total. The summed E-state index contributed by atoms with van der Waals surface area (Å²) in [6, 6.07) is 6.92. The Morgan fingerprint density at radius 2 is 2.05 bits per heavy atom. The summed E-state index contributed by atoms with van der Waals surface area (Å²) in [7, 11) is 2.07. The van der Waals surface area contributed by atoms with Gasteiger partial charge in [0.05, 0.1) is 0 Å². The number of nitrogens with one attached hydrogen (secondary N) is 1. The van der Waals surface area contributed by atoms with Crippen LogP contribution in [-0.4, -0.2) is 7.05 Å². The molecule has 1 aliphatic rings. The Kier molecular flexibility index (Phi) is 4.58. The minimum atomic E-state index is 0.406. The molecule has 19 heavy (non-hydrogen) atoms. The van der Waals surface area contributed by atoms with E-state index < -0.39 is 0 Å². The van der Waals surface area contributed by atoms with Crippen LogP contribution in [0.15, 0.2) is 18.2 Å². The highest BCUT2D eigenvalue weighted by molar-refractivity contribution is 6.31. The van der Waals surface area contributed by atoms with Gasteiger partial charge in [0, 0.05) is 11.1 Å². The molecule has 0 heterocycles. The third kappa shape index (κ3) is 3.14. The molecule has 2 rings (SSSR count). The molecule has 106 valence electrons. The Morgan fingerprint density at radius 1 is 1.32 bits per heavy atom. The standard InChI is InChI=1S/C17H26ClN/c1-12-8-9-13(11-15(12)18)16(19-4)14-7-5-6-10-17(14,2)3/h8-9,11,14,16,19H,5-7,10H2,1-4H3. The highest BCUT2D eigenvalue weighted by Gasteiger charge is 2.37. The summed E-state index contributed by atoms with van der Waals surface area (Å²) in [5.74, 6) is 0.685. The van der Waals surface area contributed by atoms with Crippen LogP contribution in [0.2, 0.25) is 5.02 Å². The average Bonchev–Trinajstić information content (AvgIpc) is 2.36. The minimum absolute atomic E-state index is 0.406. The molecular formula is C17H26ClN. The van der Waals surface area contributed by atoms with Crippen LogP contribution in [0.3, 0.4) is 0 Å². The van der Waals surface area contributed by atoms with Crippen molar-refractivity contribution in [3.05, 3.63) is 34.3 Å². The second-order valence-electron chi connectivity index (χ2n) is 6.62. The summed E-state index contributed by atoms with van der Waals surface area (Å²) in [6.45, 7) is 6.89. The lowest BCUT2D eigenvalue weighted by Gasteiger charge is -2.43. The predicted octanol–water partition coefficient (Wildman–Crippen LogP) is 5.13. The lowest BCUT2D eigenvalue weighted by Crippen LogP contribution is -2.37. The fraction of sp³-hybridized carbons (Fsp3) is 0.647. The fourth-order valence-corrected chi connectivity index (χ4v) is 3.73. The van der Waals surface area contributed by atoms with Crippen LogP contribution in [0.4, 0.5) is 0 Å². The van der Waals surface area contributed by atoms with E-state index in [0.717, 1.165) is 10.6 Å². The van der Waals surface area contributed by atoms with Gasteiger partial charge in [-0.1, -0.05) is 50.4 Å². The van der Waals surface area contributed by atoms with Crippen molar-refractivity contribution >= 4 is 11.6 Å². The molecular weight excluding hydrogens is 254 g/mol. The van der Waals surface area contributed by atoms with Gasteiger partial charge >= 0.3 is 0 Å². The molecule has 1 aromatic carbocycles. The fourth-order valence-electron chi connectivity index (χ4n) is 3.54. The van der Waals surface area contributed by atoms with Crippen molar-refractivity contribution in [2.24, 2.45) is 11.3 Å². The summed E-state index contributed by atoms with van der Waals surface area (Å²) >= 11 is 6.30. The average molecular weight is 280 g/mol. The molecule has 1 aromatic rings. The Balaban J connectivity index is 2.30. The number of rotatable bonds is 3. The van der Waals surface area contributed by atoms with E-state index in [0.29, 0.717) is 17.4 Å². The van der Waals surface area contributed by atoms with Gasteiger partial charge in [-0.3, -0.25) is 0 Å². The van der Waals surface area contributed by atoms with Crippen LogP contribution in [0.1, 0.15) is 56.7 Å². The van der Waals surface area contributed by atoms with E-state index >= 15 is 0 Å². The maximum absolute atomic E-state index is 6.30. The van der Waals surface area contributed by atoms with E-state index in [1.54, 1.807) is 0 Å². The van der Waals surface area contributed by atoms with E-state index in [4.69, 9.17) is 11.6 Å². The first kappa shape index (κ1) is 14.9. The van der Waals surface area contributed by atoms with Gasteiger partial charge in [-0.25, -0.2) is 0 Å². The van der Waals surface area contributed by atoms with Gasteiger partial charge in [0.25, 0.3) is 0 Å². The summed E-state index contributed by atoms with van der Waals surface area (Å²) in [5.41, 5.74) is 2.89. The topological polar surface area (TPSA) is 12.0 Å². The number of aryl methyl sites for hydroxylation is 1. The molecule has 0 bridgehead atoms. The Bertz CT molecular complexity index is 439. The number of halogens is 1. The molecule has 2 heteroatoms. The first-order valence-corrected chi connectivity index (χ1v) is 7.77. The minimum Gasteiger partial charge on any atom is -0.313 e. The highest BCUT2D eigenvalue weighted by Crippen LogP contribution is 2.46. The van der Waals surface area contributed by atoms with Gasteiger partial charge < -0.3 is 5.32 Å². The molecule has 1 nitrogen and oxygen atoms in total. The summed E-state index contributed by atoms with van der Waals surface area (Å²) in [6.07, 6.45) is 5.36. The first-order chi connectivity index (χ1) is 8.95. The van der Waals surface area contributed by atoms with Crippen LogP contribution >= 0.6 is 11.6 Å². The SMILES string of the molecule is CNC(c1ccc(C)c(Cl)c1)C1CCCCC1(C)C. The zero-order chi connectivity index (χ0) is 14.0. The third-order valence-electron chi connectivity index (χ3n) is 4.86. The van der Waals surface area contributed by atoms with Gasteiger partial charge in [0.1, 0.15) is 0 Å². The maximum Gasteiger partial charge on any atom is 0.0438 e. The molecule has 0 aromatic heterocycles. The van der Waals surface area contributed by atoms with Crippen molar-refractivity contribution in [3.63, 3.8) is 0 Å². The predicted molar refractivity (Wildman–Crippen MR) is 83.7 cm³/mol. The van der Waals surface area contributed by atoms with Crippen LogP contribution in [0.25, 0.3) is 0 Å². The van der Waals surface area contributed by atoms with Gasteiger partial charge in [0.15, 0.2) is 0 Å². The third-order valence-corrected chi connectivity index (χ3v) is 5.27. The van der Waals surface area contributed by atoms with E-state index in [1.165, 1.54) is 31.2 Å². The summed E-state index contributed by atoms with van der Waals surface area (Å²) in [4.78, 5) is 0. The highest BCUT2D eigenvalue weighted by atomic mass is 35.5. The monoisotopic (exact) mass is 279 g/mol. The quantitative estimate of drug-likeness (QED) is 0.809. The zero-order valence-corrected chi connectivity index (χ0v) is 13.3. The smallest absolute Gasteiger partial charge is 0.0438 e. The number of hydrogen-bond acceptors (Lipinski definition) is 1. The summed E-state index contributed by atoms with van der Waals surface area (Å²) < 4.78 is 0.